The molecule has 0 spiro atoms. The van der Waals surface area contributed by atoms with Crippen LogP contribution in [0.2, 0.25) is 0 Å². The third kappa shape index (κ3) is 1.94. The van der Waals surface area contributed by atoms with Crippen LogP contribution in [0.3, 0.4) is 0 Å². The Morgan fingerprint density at radius 2 is 1.83 bits per heavy atom. The Morgan fingerprint density at radius 1 is 1.22 bits per heavy atom. The van der Waals surface area contributed by atoms with Crippen molar-refractivity contribution in [3.05, 3.63) is 16.6 Å². The lowest BCUT2D eigenvalue weighted by Gasteiger charge is -2.57. The van der Waals surface area contributed by atoms with Gasteiger partial charge in [-0.1, -0.05) is 0 Å². The van der Waals surface area contributed by atoms with Gasteiger partial charge < -0.3 is 10.3 Å². The minimum Gasteiger partial charge on any atom is -0.336 e. The number of imidazole rings is 1. The number of H-pyrrole nitrogens is 1. The summed E-state index contributed by atoms with van der Waals surface area (Å²) in [7, 11) is 0. The van der Waals surface area contributed by atoms with Gasteiger partial charge in [0.2, 0.25) is 0 Å². The average molecular weight is 310 g/mol. The smallest absolute Gasteiger partial charge is 0.120 e. The maximum Gasteiger partial charge on any atom is 0.120 e. The SMILES string of the molecule is Brc1cnc(CNC23CC4CC(CC(C4)C2)C3)[nH]1. The Labute approximate surface area is 116 Å². The highest BCUT2D eigenvalue weighted by Gasteiger charge is 2.50. The molecule has 0 atom stereocenters. The first kappa shape index (κ1) is 11.5. The third-order valence-electron chi connectivity index (χ3n) is 5.27. The molecular formula is C14H20BrN3. The maximum absolute atomic E-state index is 4.37. The van der Waals surface area contributed by atoms with Gasteiger partial charge in [-0.25, -0.2) is 4.98 Å². The summed E-state index contributed by atoms with van der Waals surface area (Å²) in [6, 6.07) is 0. The molecule has 18 heavy (non-hydrogen) atoms. The van der Waals surface area contributed by atoms with E-state index in [1.807, 2.05) is 6.20 Å². The number of aromatic nitrogens is 2. The average Bonchev–Trinajstić information content (AvgIpc) is 2.71. The fraction of sp³-hybridized carbons (Fsp3) is 0.786. The van der Waals surface area contributed by atoms with Crippen LogP contribution in [-0.2, 0) is 6.54 Å². The summed E-state index contributed by atoms with van der Waals surface area (Å²) in [5, 5.41) is 3.84. The van der Waals surface area contributed by atoms with Crippen molar-refractivity contribution in [3.8, 4) is 0 Å². The molecule has 3 nitrogen and oxygen atoms in total. The number of aromatic amines is 1. The summed E-state index contributed by atoms with van der Waals surface area (Å²) < 4.78 is 0.977. The predicted octanol–water partition coefficient (Wildman–Crippen LogP) is 3.23. The zero-order valence-corrected chi connectivity index (χ0v) is 12.2. The van der Waals surface area contributed by atoms with E-state index < -0.39 is 0 Å². The molecular weight excluding hydrogens is 290 g/mol. The van der Waals surface area contributed by atoms with E-state index >= 15 is 0 Å². The van der Waals surface area contributed by atoms with Gasteiger partial charge in [0.15, 0.2) is 0 Å². The van der Waals surface area contributed by atoms with Gasteiger partial charge in [0.1, 0.15) is 10.4 Å². The largest absolute Gasteiger partial charge is 0.336 e. The van der Waals surface area contributed by atoms with Gasteiger partial charge in [0.05, 0.1) is 12.7 Å². The third-order valence-corrected chi connectivity index (χ3v) is 5.67. The fourth-order valence-electron chi connectivity index (χ4n) is 5.03. The van der Waals surface area contributed by atoms with E-state index in [2.05, 4.69) is 31.2 Å². The Morgan fingerprint density at radius 3 is 2.33 bits per heavy atom. The number of nitrogens with zero attached hydrogens (tertiary/aromatic N) is 1. The summed E-state index contributed by atoms with van der Waals surface area (Å²) in [5.74, 6) is 4.07. The van der Waals surface area contributed by atoms with Crippen molar-refractivity contribution >= 4 is 15.9 Å². The standard InChI is InChI=1S/C14H20BrN3/c15-12-7-16-13(18-12)8-17-14-4-9-1-10(5-14)3-11(2-9)6-14/h7,9-11,17H,1-6,8H2,(H,16,18). The highest BCUT2D eigenvalue weighted by Crippen LogP contribution is 2.55. The number of nitrogens with one attached hydrogen (secondary N) is 2. The van der Waals surface area contributed by atoms with E-state index in [0.29, 0.717) is 5.54 Å². The molecule has 1 aromatic rings. The van der Waals surface area contributed by atoms with Crippen LogP contribution in [0.5, 0.6) is 0 Å². The fourth-order valence-corrected chi connectivity index (χ4v) is 5.36. The molecule has 0 amide bonds. The van der Waals surface area contributed by atoms with Crippen LogP contribution in [0.4, 0.5) is 0 Å². The van der Waals surface area contributed by atoms with Crippen molar-refractivity contribution in [1.82, 2.24) is 15.3 Å². The highest BCUT2D eigenvalue weighted by atomic mass is 79.9. The van der Waals surface area contributed by atoms with Crippen LogP contribution >= 0.6 is 15.9 Å². The minimum atomic E-state index is 0.439. The molecule has 1 aromatic heterocycles. The first-order valence-electron chi connectivity index (χ1n) is 7.15. The zero-order chi connectivity index (χ0) is 12.2. The van der Waals surface area contributed by atoms with Crippen molar-refractivity contribution in [2.24, 2.45) is 17.8 Å². The quantitative estimate of drug-likeness (QED) is 0.900. The Balaban J connectivity index is 1.47. The number of halogens is 1. The second-order valence-electron chi connectivity index (χ2n) is 6.73. The van der Waals surface area contributed by atoms with Crippen molar-refractivity contribution in [3.63, 3.8) is 0 Å². The molecule has 5 rings (SSSR count). The molecule has 0 radical (unpaired) electrons. The molecule has 4 aliphatic rings. The maximum atomic E-state index is 4.37. The van der Waals surface area contributed by atoms with Crippen molar-refractivity contribution in [1.29, 1.82) is 0 Å². The van der Waals surface area contributed by atoms with E-state index in [1.54, 1.807) is 0 Å². The Hall–Kier alpha value is -0.350. The normalized spacial score (nSPS) is 41.5. The lowest BCUT2D eigenvalue weighted by atomic mass is 9.53. The molecule has 4 bridgehead atoms. The van der Waals surface area contributed by atoms with Crippen LogP contribution < -0.4 is 5.32 Å². The van der Waals surface area contributed by atoms with Gasteiger partial charge in [-0.05, 0) is 72.2 Å². The summed E-state index contributed by atoms with van der Waals surface area (Å²) >= 11 is 3.42. The molecule has 0 aliphatic heterocycles. The van der Waals surface area contributed by atoms with E-state index in [-0.39, 0.29) is 0 Å². The number of hydrogen-bond donors (Lipinski definition) is 2. The summed E-state index contributed by atoms with van der Waals surface area (Å²) in [6.45, 7) is 0.887. The van der Waals surface area contributed by atoms with Gasteiger partial charge in [-0.15, -0.1) is 0 Å². The topological polar surface area (TPSA) is 40.7 Å². The molecule has 0 aromatic carbocycles. The molecule has 98 valence electrons. The lowest BCUT2D eigenvalue weighted by Crippen LogP contribution is -2.58. The van der Waals surface area contributed by atoms with E-state index in [4.69, 9.17) is 0 Å². The van der Waals surface area contributed by atoms with Crippen molar-refractivity contribution < 1.29 is 0 Å². The van der Waals surface area contributed by atoms with E-state index in [1.165, 1.54) is 38.5 Å². The lowest BCUT2D eigenvalue weighted by molar-refractivity contribution is -0.0208. The zero-order valence-electron chi connectivity index (χ0n) is 10.6. The van der Waals surface area contributed by atoms with Gasteiger partial charge in [0.25, 0.3) is 0 Å². The first-order chi connectivity index (χ1) is 8.71. The molecule has 4 fully saturated rings. The van der Waals surface area contributed by atoms with Gasteiger partial charge in [-0.3, -0.25) is 0 Å². The number of rotatable bonds is 3. The van der Waals surface area contributed by atoms with Crippen LogP contribution in [0.15, 0.2) is 10.8 Å². The van der Waals surface area contributed by atoms with Gasteiger partial charge in [-0.2, -0.15) is 0 Å². The molecule has 0 saturated heterocycles. The highest BCUT2D eigenvalue weighted by molar-refractivity contribution is 9.10. The molecule has 4 aliphatic carbocycles. The van der Waals surface area contributed by atoms with Gasteiger partial charge in [0, 0.05) is 5.54 Å². The predicted molar refractivity (Wildman–Crippen MR) is 74.0 cm³/mol. The Bertz CT molecular complexity index is 418. The van der Waals surface area contributed by atoms with Crippen LogP contribution in [0.1, 0.15) is 44.3 Å². The van der Waals surface area contributed by atoms with Crippen LogP contribution in [-0.4, -0.2) is 15.5 Å². The molecule has 2 N–H and O–H groups in total. The Kier molecular flexibility index (Phi) is 2.60. The van der Waals surface area contributed by atoms with Gasteiger partial charge >= 0.3 is 0 Å². The summed E-state index contributed by atoms with van der Waals surface area (Å²) in [5.41, 5.74) is 0.439. The molecule has 0 unspecified atom stereocenters. The summed E-state index contributed by atoms with van der Waals surface area (Å²) in [6.07, 6.45) is 10.6. The van der Waals surface area contributed by atoms with E-state index in [9.17, 15) is 0 Å². The first-order valence-corrected chi connectivity index (χ1v) is 7.94. The second kappa shape index (κ2) is 4.07. The summed E-state index contributed by atoms with van der Waals surface area (Å²) in [4.78, 5) is 7.62. The monoisotopic (exact) mass is 309 g/mol. The van der Waals surface area contributed by atoms with Crippen molar-refractivity contribution in [2.45, 2.75) is 50.6 Å². The van der Waals surface area contributed by atoms with Crippen LogP contribution in [0.25, 0.3) is 0 Å². The molecule has 4 heteroatoms. The number of hydrogen-bond acceptors (Lipinski definition) is 2. The second-order valence-corrected chi connectivity index (χ2v) is 7.58. The van der Waals surface area contributed by atoms with Crippen molar-refractivity contribution in [2.75, 3.05) is 0 Å². The molecule has 4 saturated carbocycles. The van der Waals surface area contributed by atoms with Crippen LogP contribution in [0, 0.1) is 17.8 Å². The minimum absolute atomic E-state index is 0.439. The molecule has 1 heterocycles. The van der Waals surface area contributed by atoms with E-state index in [0.717, 1.165) is 34.7 Å².